The summed E-state index contributed by atoms with van der Waals surface area (Å²) < 4.78 is 36.7. The molecule has 14 unspecified atom stereocenters. The summed E-state index contributed by atoms with van der Waals surface area (Å²) in [4.78, 5) is 26.6. The first-order valence-corrected chi connectivity index (χ1v) is 19.5. The van der Waals surface area contributed by atoms with Crippen LogP contribution >= 0.6 is 0 Å². The molecule has 270 valence electrons. The Kier molecular flexibility index (Phi) is 7.87. The van der Waals surface area contributed by atoms with E-state index in [1.165, 1.54) is 0 Å². The maximum Gasteiger partial charge on any atom is 0.417 e. The van der Waals surface area contributed by atoms with Gasteiger partial charge in [0.15, 0.2) is 0 Å². The summed E-state index contributed by atoms with van der Waals surface area (Å²) in [6.45, 7) is 18.3. The van der Waals surface area contributed by atoms with Crippen LogP contribution in [0.3, 0.4) is 0 Å². The van der Waals surface area contributed by atoms with Gasteiger partial charge in [-0.05, 0) is 127 Å². The summed E-state index contributed by atoms with van der Waals surface area (Å²) in [5.41, 5.74) is -0.704. The summed E-state index contributed by atoms with van der Waals surface area (Å²) in [7, 11) is 0. The Labute approximate surface area is 288 Å². The molecule has 4 saturated heterocycles. The van der Waals surface area contributed by atoms with Crippen LogP contribution < -0.4 is 0 Å². The van der Waals surface area contributed by atoms with Gasteiger partial charge in [-0.1, -0.05) is 40.5 Å². The van der Waals surface area contributed by atoms with Crippen molar-refractivity contribution in [3.8, 4) is 0 Å². The second-order valence-corrected chi connectivity index (χ2v) is 19.9. The molecule has 4 aliphatic carbocycles. The van der Waals surface area contributed by atoms with Crippen LogP contribution in [0.5, 0.6) is 0 Å². The quantitative estimate of drug-likeness (QED) is 0.137. The second-order valence-electron chi connectivity index (χ2n) is 19.9. The van der Waals surface area contributed by atoms with E-state index < -0.39 is 11.9 Å². The molecule has 8 nitrogen and oxygen atoms in total. The molecule has 0 spiro atoms. The van der Waals surface area contributed by atoms with Crippen LogP contribution in [-0.2, 0) is 38.0 Å². The lowest BCUT2D eigenvalue weighted by Crippen LogP contribution is -2.47. The number of fused-ring (bicyclic) bond motifs is 4. The van der Waals surface area contributed by atoms with Gasteiger partial charge in [-0.15, -0.1) is 0 Å². The smallest absolute Gasteiger partial charge is 0.417 e. The molecule has 48 heavy (non-hydrogen) atoms. The van der Waals surface area contributed by atoms with Gasteiger partial charge in [-0.2, -0.15) is 0 Å². The number of hydrogen-bond acceptors (Lipinski definition) is 8. The van der Waals surface area contributed by atoms with Crippen LogP contribution in [0.25, 0.3) is 0 Å². The first-order chi connectivity index (χ1) is 22.5. The average molecular weight is 671 g/mol. The summed E-state index contributed by atoms with van der Waals surface area (Å²) in [5.74, 6) is 0.659. The van der Waals surface area contributed by atoms with E-state index in [0.29, 0.717) is 47.7 Å². The zero-order valence-corrected chi connectivity index (χ0v) is 30.9. The monoisotopic (exact) mass is 670 g/mol. The molecular weight excluding hydrogens is 608 g/mol. The highest BCUT2D eigenvalue weighted by Gasteiger charge is 2.66. The molecule has 4 heterocycles. The van der Waals surface area contributed by atoms with E-state index in [0.717, 1.165) is 77.0 Å². The average Bonchev–Trinajstić information content (AvgIpc) is 3.89. The highest BCUT2D eigenvalue weighted by molar-refractivity contribution is 6.29. The van der Waals surface area contributed by atoms with Crippen LogP contribution in [-0.4, -0.2) is 72.0 Å². The summed E-state index contributed by atoms with van der Waals surface area (Å²) in [6, 6.07) is 0. The molecule has 0 N–H and O–H groups in total. The first kappa shape index (κ1) is 33.9. The summed E-state index contributed by atoms with van der Waals surface area (Å²) in [5, 5.41) is 0. The van der Waals surface area contributed by atoms with Crippen LogP contribution in [0.4, 0.5) is 0 Å². The van der Waals surface area contributed by atoms with Crippen molar-refractivity contribution in [1.29, 1.82) is 0 Å². The van der Waals surface area contributed by atoms with Crippen molar-refractivity contribution in [2.45, 2.75) is 179 Å². The van der Waals surface area contributed by atoms with Gasteiger partial charge >= 0.3 is 11.9 Å². The maximum atomic E-state index is 13.3. The second kappa shape index (κ2) is 11.1. The minimum absolute atomic E-state index is 0.00974. The Bertz CT molecular complexity index is 1210. The van der Waals surface area contributed by atoms with Gasteiger partial charge in [0.1, 0.15) is 0 Å². The predicted molar refractivity (Wildman–Crippen MR) is 179 cm³/mol. The number of carbonyl (C=O) groups is 2. The zero-order chi connectivity index (χ0) is 34.1. The third-order valence-electron chi connectivity index (χ3n) is 15.1. The minimum Gasteiger partial charge on any atom is -0.457 e. The van der Waals surface area contributed by atoms with Crippen LogP contribution in [0.2, 0.25) is 0 Å². The van der Waals surface area contributed by atoms with E-state index in [1.807, 2.05) is 0 Å². The van der Waals surface area contributed by atoms with Crippen molar-refractivity contribution in [1.82, 2.24) is 0 Å². The third-order valence-corrected chi connectivity index (χ3v) is 15.1. The Morgan fingerprint density at radius 3 is 1.38 bits per heavy atom. The lowest BCUT2D eigenvalue weighted by atomic mass is 9.58. The fourth-order valence-electron chi connectivity index (χ4n) is 12.6. The van der Waals surface area contributed by atoms with Gasteiger partial charge in [0, 0.05) is 10.8 Å². The molecule has 0 aromatic heterocycles. The Morgan fingerprint density at radius 1 is 0.604 bits per heavy atom. The highest BCUT2D eigenvalue weighted by atomic mass is 16.6. The standard InChI is InChI=1S/C40H62O8/c1-35(2,29(23-13-15-27-39(7,19-23)45-27)25-11-9-17-37(5)31(25)47-37)21-43-33(41)34(42)44-22-36(3,4)30(24-14-16-28-40(8,20-24)46-28)26-12-10-18-38(6)32(26)48-38/h23-32H,9-22H2,1-8H3. The minimum atomic E-state index is -0.873. The Balaban J connectivity index is 0.920. The van der Waals surface area contributed by atoms with Crippen molar-refractivity contribution >= 4 is 11.9 Å². The molecule has 8 aliphatic rings. The van der Waals surface area contributed by atoms with E-state index in [2.05, 4.69) is 55.4 Å². The normalized spacial score (nSPS) is 48.4. The SMILES string of the molecule is CC(C)(COC(=O)C(=O)OCC(C)(C)C(C1CCC2OC2(C)C1)C1CCCC2(C)OC12)C(C1CCC2OC2(C)C1)C1CCCC2(C)OC12. The number of hydrogen-bond donors (Lipinski definition) is 0. The lowest BCUT2D eigenvalue weighted by molar-refractivity contribution is -0.174. The van der Waals surface area contributed by atoms with Gasteiger partial charge in [0.2, 0.25) is 0 Å². The van der Waals surface area contributed by atoms with E-state index in [9.17, 15) is 9.59 Å². The highest BCUT2D eigenvalue weighted by Crippen LogP contribution is 2.62. The number of ether oxygens (including phenoxy) is 6. The summed E-state index contributed by atoms with van der Waals surface area (Å²) >= 11 is 0. The van der Waals surface area contributed by atoms with Crippen molar-refractivity contribution in [2.24, 2.45) is 46.3 Å². The van der Waals surface area contributed by atoms with Crippen LogP contribution in [0.15, 0.2) is 0 Å². The number of carbonyl (C=O) groups excluding carboxylic acids is 2. The predicted octanol–water partition coefficient (Wildman–Crippen LogP) is 7.19. The van der Waals surface area contributed by atoms with E-state index in [1.54, 1.807) is 0 Å². The number of rotatable bonds is 10. The molecule has 0 aromatic carbocycles. The van der Waals surface area contributed by atoms with Gasteiger partial charge in [0.25, 0.3) is 0 Å². The Hall–Kier alpha value is -1.22. The first-order valence-electron chi connectivity index (χ1n) is 19.5. The molecular formula is C40H62O8. The largest absolute Gasteiger partial charge is 0.457 e. The molecule has 14 atom stereocenters. The van der Waals surface area contributed by atoms with Crippen molar-refractivity contribution < 1.29 is 38.0 Å². The number of epoxide rings is 4. The van der Waals surface area contributed by atoms with E-state index >= 15 is 0 Å². The molecule has 0 aromatic rings. The van der Waals surface area contributed by atoms with Crippen molar-refractivity contribution in [3.05, 3.63) is 0 Å². The van der Waals surface area contributed by atoms with Crippen LogP contribution in [0, 0.1) is 46.3 Å². The molecule has 8 rings (SSSR count). The van der Waals surface area contributed by atoms with Gasteiger partial charge < -0.3 is 28.4 Å². The topological polar surface area (TPSA) is 103 Å². The molecule has 8 fully saturated rings. The molecule has 0 radical (unpaired) electrons. The third kappa shape index (κ3) is 5.88. The molecule has 4 saturated carbocycles. The summed E-state index contributed by atoms with van der Waals surface area (Å²) in [6.07, 6.45) is 14.7. The van der Waals surface area contributed by atoms with Crippen molar-refractivity contribution in [2.75, 3.05) is 13.2 Å². The maximum absolute atomic E-state index is 13.3. The molecule has 8 heteroatoms. The van der Waals surface area contributed by atoms with Gasteiger partial charge in [-0.3, -0.25) is 0 Å². The fourth-order valence-corrected chi connectivity index (χ4v) is 12.6. The van der Waals surface area contributed by atoms with E-state index in [4.69, 9.17) is 28.4 Å². The van der Waals surface area contributed by atoms with Crippen LogP contribution in [0.1, 0.15) is 132 Å². The molecule has 0 amide bonds. The van der Waals surface area contributed by atoms with Gasteiger partial charge in [0.05, 0.1) is 60.0 Å². The van der Waals surface area contributed by atoms with E-state index in [-0.39, 0.29) is 58.7 Å². The molecule has 0 bridgehead atoms. The lowest BCUT2D eigenvalue weighted by Gasteiger charge is -2.46. The van der Waals surface area contributed by atoms with Crippen molar-refractivity contribution in [3.63, 3.8) is 0 Å². The number of esters is 2. The Morgan fingerprint density at radius 2 is 1.00 bits per heavy atom. The fraction of sp³-hybridized carbons (Fsp3) is 0.950. The van der Waals surface area contributed by atoms with Gasteiger partial charge in [-0.25, -0.2) is 9.59 Å². The zero-order valence-electron chi connectivity index (χ0n) is 30.9. The molecule has 4 aliphatic heterocycles.